The van der Waals surface area contributed by atoms with E-state index in [1.807, 2.05) is 4.90 Å². The van der Waals surface area contributed by atoms with E-state index >= 15 is 0 Å². The van der Waals surface area contributed by atoms with Crippen LogP contribution >= 0.6 is 0 Å². The highest BCUT2D eigenvalue weighted by molar-refractivity contribution is 5.94. The van der Waals surface area contributed by atoms with Gasteiger partial charge in [-0.05, 0) is 80.4 Å². The van der Waals surface area contributed by atoms with Gasteiger partial charge in [0.1, 0.15) is 17.3 Å². The number of nitrogens with zero attached hydrogens (tertiary/aromatic N) is 3. The van der Waals surface area contributed by atoms with Crippen LogP contribution in [0, 0.1) is 11.7 Å². The molecule has 6 nitrogen and oxygen atoms in total. The van der Waals surface area contributed by atoms with Crippen LogP contribution in [-0.4, -0.2) is 66.8 Å². The summed E-state index contributed by atoms with van der Waals surface area (Å²) in [6.07, 6.45) is 2.13. The Balaban J connectivity index is 1.17. The molecule has 0 aliphatic carbocycles. The average Bonchev–Trinajstić information content (AvgIpc) is 3.13. The Hall–Kier alpha value is -2.80. The number of phenols is 1. The maximum atomic E-state index is 13.0. The number of anilines is 1. The van der Waals surface area contributed by atoms with E-state index in [0.717, 1.165) is 51.3 Å². The molecule has 0 spiro atoms. The molecule has 2 fully saturated rings. The molecule has 2 aromatic rings. The van der Waals surface area contributed by atoms with Gasteiger partial charge in [-0.15, -0.1) is 0 Å². The molecular formula is C23H28FN3O3. The van der Waals surface area contributed by atoms with Crippen LogP contribution in [0.4, 0.5) is 14.9 Å². The molecule has 7 heteroatoms. The van der Waals surface area contributed by atoms with Gasteiger partial charge in [0.15, 0.2) is 0 Å². The number of hydrogen-bond acceptors (Lipinski definition) is 4. The van der Waals surface area contributed by atoms with Crippen molar-refractivity contribution in [2.75, 3.05) is 50.8 Å². The molecule has 0 saturated carbocycles. The normalized spacial score (nSPS) is 18.2. The summed E-state index contributed by atoms with van der Waals surface area (Å²) in [5.74, 6) is 1.17. The predicted octanol–water partition coefficient (Wildman–Crippen LogP) is 3.56. The van der Waals surface area contributed by atoms with Crippen molar-refractivity contribution >= 4 is 11.7 Å². The van der Waals surface area contributed by atoms with Crippen LogP contribution < -0.4 is 9.64 Å². The van der Waals surface area contributed by atoms with Gasteiger partial charge < -0.3 is 19.6 Å². The molecule has 30 heavy (non-hydrogen) atoms. The summed E-state index contributed by atoms with van der Waals surface area (Å²) in [4.78, 5) is 18.8. The first-order valence-electron chi connectivity index (χ1n) is 10.5. The van der Waals surface area contributed by atoms with E-state index in [0.29, 0.717) is 24.8 Å². The van der Waals surface area contributed by atoms with Crippen molar-refractivity contribution in [3.8, 4) is 11.5 Å². The molecule has 0 atom stereocenters. The third-order valence-electron chi connectivity index (χ3n) is 5.95. The second-order valence-electron chi connectivity index (χ2n) is 7.99. The van der Waals surface area contributed by atoms with Crippen molar-refractivity contribution in [1.82, 2.24) is 9.80 Å². The molecule has 2 heterocycles. The Labute approximate surface area is 176 Å². The summed E-state index contributed by atoms with van der Waals surface area (Å²) in [5.41, 5.74) is 0.822. The Morgan fingerprint density at radius 1 is 0.933 bits per heavy atom. The molecule has 160 valence electrons. The van der Waals surface area contributed by atoms with Gasteiger partial charge in [0.2, 0.25) is 0 Å². The number of halogens is 1. The van der Waals surface area contributed by atoms with Crippen LogP contribution in [0.15, 0.2) is 48.5 Å². The van der Waals surface area contributed by atoms with Gasteiger partial charge in [0.25, 0.3) is 0 Å². The Bertz CT molecular complexity index is 836. The van der Waals surface area contributed by atoms with Crippen molar-refractivity contribution in [3.63, 3.8) is 0 Å². The van der Waals surface area contributed by atoms with Crippen LogP contribution in [0.1, 0.15) is 12.8 Å². The van der Waals surface area contributed by atoms with Gasteiger partial charge in [-0.3, -0.25) is 4.90 Å². The fraction of sp³-hybridized carbons (Fsp3) is 0.435. The molecule has 2 aliphatic rings. The molecule has 0 bridgehead atoms. The number of amides is 2. The van der Waals surface area contributed by atoms with E-state index in [1.54, 1.807) is 41.3 Å². The first-order chi connectivity index (χ1) is 14.6. The third-order valence-corrected chi connectivity index (χ3v) is 5.95. The number of benzene rings is 2. The Morgan fingerprint density at radius 2 is 1.63 bits per heavy atom. The molecule has 2 amide bonds. The number of carbonyl (C=O) groups excluding carboxylic acids is 1. The number of ether oxygens (including phenoxy) is 1. The lowest BCUT2D eigenvalue weighted by atomic mass is 9.98. The zero-order chi connectivity index (χ0) is 20.9. The summed E-state index contributed by atoms with van der Waals surface area (Å²) in [6.45, 7) is 5.66. The van der Waals surface area contributed by atoms with Gasteiger partial charge in [0.05, 0.1) is 6.61 Å². The van der Waals surface area contributed by atoms with Gasteiger partial charge in [-0.25, -0.2) is 9.18 Å². The second kappa shape index (κ2) is 9.34. The highest BCUT2D eigenvalue weighted by Gasteiger charge is 2.30. The highest BCUT2D eigenvalue weighted by Crippen LogP contribution is 2.23. The van der Waals surface area contributed by atoms with Crippen LogP contribution in [0.5, 0.6) is 11.5 Å². The number of hydrogen-bond donors (Lipinski definition) is 1. The van der Waals surface area contributed by atoms with E-state index < -0.39 is 0 Å². The number of phenolic OH excluding ortho intramolecular Hbond substituents is 1. The maximum absolute atomic E-state index is 13.0. The van der Waals surface area contributed by atoms with Crippen LogP contribution in [-0.2, 0) is 0 Å². The number of likely N-dealkylation sites (tertiary alicyclic amines) is 1. The SMILES string of the molecule is O=C1N(CCN2CCC(COc3ccc(F)cc3)CC2)CCN1c1ccc(O)cc1. The number of carbonyl (C=O) groups is 1. The minimum Gasteiger partial charge on any atom is -0.508 e. The largest absolute Gasteiger partial charge is 0.508 e. The highest BCUT2D eigenvalue weighted by atomic mass is 19.1. The van der Waals surface area contributed by atoms with Crippen molar-refractivity contribution in [1.29, 1.82) is 0 Å². The minimum atomic E-state index is -0.252. The molecule has 0 aromatic heterocycles. The van der Waals surface area contributed by atoms with Gasteiger partial charge in [-0.1, -0.05) is 0 Å². The second-order valence-corrected chi connectivity index (χ2v) is 7.99. The van der Waals surface area contributed by atoms with Crippen molar-refractivity contribution in [2.24, 2.45) is 5.92 Å². The smallest absolute Gasteiger partial charge is 0.324 e. The summed E-state index contributed by atoms with van der Waals surface area (Å²) in [7, 11) is 0. The Kier molecular flexibility index (Phi) is 6.38. The third kappa shape index (κ3) is 5.02. The first-order valence-corrected chi connectivity index (χ1v) is 10.5. The predicted molar refractivity (Wildman–Crippen MR) is 113 cm³/mol. The zero-order valence-electron chi connectivity index (χ0n) is 17.0. The Morgan fingerprint density at radius 3 is 2.33 bits per heavy atom. The molecule has 0 radical (unpaired) electrons. The van der Waals surface area contributed by atoms with Gasteiger partial charge in [-0.2, -0.15) is 0 Å². The number of piperidine rings is 1. The molecule has 4 rings (SSSR count). The lowest BCUT2D eigenvalue weighted by molar-refractivity contribution is 0.133. The average molecular weight is 413 g/mol. The van der Waals surface area contributed by atoms with E-state index in [4.69, 9.17) is 4.74 Å². The number of urea groups is 1. The van der Waals surface area contributed by atoms with Crippen molar-refractivity contribution < 1.29 is 19.0 Å². The molecule has 1 N–H and O–H groups in total. The fourth-order valence-corrected chi connectivity index (χ4v) is 4.05. The van der Waals surface area contributed by atoms with Crippen molar-refractivity contribution in [2.45, 2.75) is 12.8 Å². The molecular weight excluding hydrogens is 385 g/mol. The summed E-state index contributed by atoms with van der Waals surface area (Å²) >= 11 is 0. The fourth-order valence-electron chi connectivity index (χ4n) is 4.05. The number of aromatic hydroxyl groups is 1. The lowest BCUT2D eigenvalue weighted by Crippen LogP contribution is -2.41. The van der Waals surface area contributed by atoms with Crippen molar-refractivity contribution in [3.05, 3.63) is 54.3 Å². The first kappa shape index (κ1) is 20.5. The van der Waals surface area contributed by atoms with E-state index in [1.165, 1.54) is 12.1 Å². The molecule has 2 aromatic carbocycles. The zero-order valence-corrected chi connectivity index (χ0v) is 17.0. The topological polar surface area (TPSA) is 56.2 Å². The van der Waals surface area contributed by atoms with Crippen LogP contribution in [0.3, 0.4) is 0 Å². The lowest BCUT2D eigenvalue weighted by Gasteiger charge is -2.32. The quantitative estimate of drug-likeness (QED) is 0.754. The van der Waals surface area contributed by atoms with Gasteiger partial charge >= 0.3 is 6.03 Å². The standard InChI is InChI=1S/C23H28FN3O3/c24-19-1-7-22(8-2-19)30-17-18-9-11-25(12-10-18)13-14-26-15-16-27(23(26)29)20-3-5-21(28)6-4-20/h1-8,18,28H,9-17H2. The number of rotatable bonds is 7. The van der Waals surface area contributed by atoms with E-state index in [-0.39, 0.29) is 17.6 Å². The van der Waals surface area contributed by atoms with E-state index in [2.05, 4.69) is 4.90 Å². The summed E-state index contributed by atoms with van der Waals surface area (Å²) < 4.78 is 18.8. The summed E-state index contributed by atoms with van der Waals surface area (Å²) in [6, 6.07) is 13.0. The monoisotopic (exact) mass is 413 g/mol. The summed E-state index contributed by atoms with van der Waals surface area (Å²) in [5, 5.41) is 9.43. The van der Waals surface area contributed by atoms with E-state index in [9.17, 15) is 14.3 Å². The molecule has 2 aliphatic heterocycles. The minimum absolute atomic E-state index is 0.0308. The van der Waals surface area contributed by atoms with Crippen LogP contribution in [0.25, 0.3) is 0 Å². The molecule has 0 unspecified atom stereocenters. The van der Waals surface area contributed by atoms with Gasteiger partial charge in [0, 0.05) is 31.9 Å². The van der Waals surface area contributed by atoms with Crippen LogP contribution in [0.2, 0.25) is 0 Å². The molecule has 2 saturated heterocycles. The maximum Gasteiger partial charge on any atom is 0.324 e.